The van der Waals surface area contributed by atoms with E-state index in [2.05, 4.69) is 50.7 Å². The summed E-state index contributed by atoms with van der Waals surface area (Å²) in [7, 11) is -2.49. The Labute approximate surface area is 404 Å². The maximum absolute atomic E-state index is 13.0. The quantitative estimate of drug-likeness (QED) is 0.0937. The molecule has 5 N–H and O–H groups in total. The van der Waals surface area contributed by atoms with Gasteiger partial charge in [-0.05, 0) is 60.7 Å². The second kappa shape index (κ2) is 24.3. The normalized spacial score (nSPS) is 11.1. The van der Waals surface area contributed by atoms with E-state index in [1.54, 1.807) is 49.4 Å². The van der Waals surface area contributed by atoms with Gasteiger partial charge in [0.1, 0.15) is 15.8 Å². The molecule has 69 heavy (non-hydrogen) atoms. The van der Waals surface area contributed by atoms with Crippen LogP contribution in [0.2, 0.25) is 0 Å². The van der Waals surface area contributed by atoms with Gasteiger partial charge in [-0.15, -0.1) is 23.5 Å². The van der Waals surface area contributed by atoms with Gasteiger partial charge >= 0.3 is 12.1 Å². The Bertz CT molecular complexity index is 3080. The molecule has 368 valence electrons. The van der Waals surface area contributed by atoms with Crippen LogP contribution >= 0.6 is 23.5 Å². The average Bonchev–Trinajstić information content (AvgIpc) is 3.91. The molecule has 0 bridgehead atoms. The smallest absolute Gasteiger partial charge is 0.419 e. The van der Waals surface area contributed by atoms with Gasteiger partial charge in [0, 0.05) is 0 Å². The van der Waals surface area contributed by atoms with Crippen molar-refractivity contribution in [3.05, 3.63) is 78.1 Å². The van der Waals surface area contributed by atoms with Gasteiger partial charge in [0.05, 0.1) is 52.0 Å². The van der Waals surface area contributed by atoms with E-state index in [0.717, 1.165) is 16.5 Å². The molecule has 25 nitrogen and oxygen atoms in total. The number of anilines is 2. The lowest BCUT2D eigenvalue weighted by atomic mass is 10.3. The van der Waals surface area contributed by atoms with Crippen LogP contribution in [0.15, 0.2) is 86.8 Å². The fraction of sp³-hybridized carbons (Fsp3) is 0.300. The number of amides is 3. The lowest BCUT2D eigenvalue weighted by Gasteiger charge is -2.10. The molecule has 0 aliphatic carbocycles. The van der Waals surface area contributed by atoms with Gasteiger partial charge in [-0.1, -0.05) is 45.9 Å². The van der Waals surface area contributed by atoms with E-state index < -0.39 is 32.2 Å². The van der Waals surface area contributed by atoms with Gasteiger partial charge in [0.15, 0.2) is 16.3 Å². The number of thioether (sulfide) groups is 2. The molecule has 7 rings (SSSR count). The van der Waals surface area contributed by atoms with E-state index in [1.165, 1.54) is 73.1 Å². The van der Waals surface area contributed by atoms with Crippen molar-refractivity contribution >= 4 is 78.9 Å². The molecule has 0 saturated heterocycles. The first-order valence-electron chi connectivity index (χ1n) is 20.4. The number of rotatable bonds is 16. The number of imidazole rings is 2. The standard InChI is InChI=1S/C17H21N7O5S2.C13H13N3O4.C10H14N4O2S2/c1-5-10-15(24-11(18-10)7-8-14(22-24)30-6-2)31(26,27)23-17(25)21-16-19-12(28-3)9-13(20-16)29-4;1-18-10-8-11(19-2)15-12(14-10)16-13(17)20-9-6-4-3-5-7-9;1-3-7-10(18(11,15)16)14-8(12-7)5-6-9(13-14)17-4-2/h7-9H,5-6H2,1-4H3,(H2,19,20,21,23,25);3-8H,1-2H3,(H,14,15,16,17);5-6H,3-4H2,1-2H3,(H2,11,15,16). The molecule has 0 atom stereocenters. The maximum Gasteiger partial charge on any atom is 0.419 e. The van der Waals surface area contributed by atoms with Crippen molar-refractivity contribution in [3.8, 4) is 29.3 Å². The number of hydrogen-bond donors (Lipinski definition) is 4. The lowest BCUT2D eigenvalue weighted by molar-refractivity contribution is 0.215. The van der Waals surface area contributed by atoms with Crippen molar-refractivity contribution in [2.75, 3.05) is 50.6 Å². The van der Waals surface area contributed by atoms with E-state index in [1.807, 2.05) is 37.6 Å². The molecule has 3 amide bonds. The fourth-order valence-electron chi connectivity index (χ4n) is 5.70. The summed E-state index contributed by atoms with van der Waals surface area (Å²) in [4.78, 5) is 48.4. The number of sulfonamides is 2. The number of aromatic nitrogens is 10. The molecular formula is C40H48N14O11S4. The van der Waals surface area contributed by atoms with Crippen LogP contribution in [0, 0.1) is 0 Å². The van der Waals surface area contributed by atoms with Crippen molar-refractivity contribution in [1.29, 1.82) is 0 Å². The molecule has 7 aromatic rings. The number of para-hydroxylation sites is 1. The summed E-state index contributed by atoms with van der Waals surface area (Å²) >= 11 is 2.99. The number of hydrogen-bond acceptors (Lipinski definition) is 21. The van der Waals surface area contributed by atoms with Crippen LogP contribution in [0.3, 0.4) is 0 Å². The first kappa shape index (κ1) is 52.9. The van der Waals surface area contributed by atoms with E-state index in [0.29, 0.717) is 40.6 Å². The predicted molar refractivity (Wildman–Crippen MR) is 255 cm³/mol. The first-order valence-corrected chi connectivity index (χ1v) is 25.4. The number of ether oxygens (including phenoxy) is 5. The topological polar surface area (TPSA) is 323 Å². The molecule has 29 heteroatoms. The van der Waals surface area contributed by atoms with Gasteiger partial charge in [-0.3, -0.25) is 10.6 Å². The molecule has 6 heterocycles. The monoisotopic (exact) mass is 1030 g/mol. The summed E-state index contributed by atoms with van der Waals surface area (Å²) < 4.78 is 78.8. The number of primary sulfonamides is 1. The van der Waals surface area contributed by atoms with Gasteiger partial charge in [0.2, 0.25) is 40.4 Å². The second-order valence-corrected chi connectivity index (χ2v) is 18.8. The lowest BCUT2D eigenvalue weighted by Crippen LogP contribution is -2.36. The molecule has 6 aromatic heterocycles. The highest BCUT2D eigenvalue weighted by molar-refractivity contribution is 7.99. The summed E-state index contributed by atoms with van der Waals surface area (Å²) in [5.41, 5.74) is 1.59. The van der Waals surface area contributed by atoms with Gasteiger partial charge in [0.25, 0.3) is 20.0 Å². The SMILES string of the molecule is CCSc1ccc2nc(CC)c(S(=O)(=O)NC(=O)Nc3nc(OC)cc(OC)n3)n2n1.CCSc1ccc2nc(CC)c(S(N)(=O)=O)n2n1.COc1cc(OC)nc(NC(=O)Oc2ccccc2)n1. The number of carbonyl (C=O) groups is 2. The molecule has 0 aliphatic heterocycles. The van der Waals surface area contributed by atoms with E-state index in [-0.39, 0.29) is 51.2 Å². The second-order valence-electron chi connectivity index (χ2n) is 13.2. The minimum absolute atomic E-state index is 0.0152. The van der Waals surface area contributed by atoms with Crippen LogP contribution in [0.4, 0.5) is 21.5 Å². The minimum atomic E-state index is -4.32. The summed E-state index contributed by atoms with van der Waals surface area (Å²) in [5, 5.41) is 19.6. The number of carbonyl (C=O) groups excluding carboxylic acids is 2. The largest absolute Gasteiger partial charge is 0.481 e. The van der Waals surface area contributed by atoms with E-state index in [9.17, 15) is 26.4 Å². The first-order chi connectivity index (χ1) is 33.0. The zero-order valence-corrected chi connectivity index (χ0v) is 41.6. The zero-order valence-electron chi connectivity index (χ0n) is 38.4. The number of benzene rings is 1. The molecule has 0 saturated carbocycles. The van der Waals surface area contributed by atoms with Crippen LogP contribution in [-0.4, -0.2) is 118 Å². The van der Waals surface area contributed by atoms with Crippen LogP contribution in [0.5, 0.6) is 29.3 Å². The fourth-order valence-corrected chi connectivity index (χ4v) is 9.04. The van der Waals surface area contributed by atoms with Crippen LogP contribution in [-0.2, 0) is 32.9 Å². The van der Waals surface area contributed by atoms with E-state index in [4.69, 9.17) is 28.8 Å². The Morgan fingerprint density at radius 1 is 0.609 bits per heavy atom. The van der Waals surface area contributed by atoms with Gasteiger partial charge in [-0.25, -0.2) is 37.8 Å². The number of urea groups is 1. The maximum atomic E-state index is 13.0. The third-order valence-electron chi connectivity index (χ3n) is 8.55. The highest BCUT2D eigenvalue weighted by Gasteiger charge is 2.28. The molecule has 1 aromatic carbocycles. The summed E-state index contributed by atoms with van der Waals surface area (Å²) in [5.74, 6) is 2.67. The van der Waals surface area contributed by atoms with Crippen molar-refractivity contribution in [2.45, 2.75) is 60.6 Å². The van der Waals surface area contributed by atoms with Crippen LogP contribution in [0.25, 0.3) is 11.3 Å². The molecule has 0 radical (unpaired) electrons. The summed E-state index contributed by atoms with van der Waals surface area (Å²) in [6.07, 6.45) is 0.116. The minimum Gasteiger partial charge on any atom is -0.481 e. The summed E-state index contributed by atoms with van der Waals surface area (Å²) in [6.45, 7) is 7.56. The highest BCUT2D eigenvalue weighted by Crippen LogP contribution is 2.24. The molecule has 0 unspecified atom stereocenters. The Morgan fingerprint density at radius 3 is 1.46 bits per heavy atom. The van der Waals surface area contributed by atoms with Crippen molar-refractivity contribution in [3.63, 3.8) is 0 Å². The van der Waals surface area contributed by atoms with Gasteiger partial charge < -0.3 is 23.7 Å². The number of nitrogens with zero attached hydrogens (tertiary/aromatic N) is 10. The Kier molecular flexibility index (Phi) is 18.6. The van der Waals surface area contributed by atoms with Crippen LogP contribution < -0.4 is 44.2 Å². The molecular weight excluding hydrogens is 981 g/mol. The number of aryl methyl sites for hydroxylation is 2. The Balaban J connectivity index is 0.000000203. The van der Waals surface area contributed by atoms with Crippen molar-refractivity contribution in [1.82, 2.24) is 53.9 Å². The van der Waals surface area contributed by atoms with E-state index >= 15 is 0 Å². The molecule has 0 spiro atoms. The van der Waals surface area contributed by atoms with Crippen LogP contribution in [0.1, 0.15) is 39.1 Å². The molecule has 0 aliphatic rings. The number of nitrogens with two attached hydrogens (primary N) is 1. The number of methoxy groups -OCH3 is 4. The average molecular weight is 1030 g/mol. The van der Waals surface area contributed by atoms with Crippen molar-refractivity contribution < 1.29 is 50.1 Å². The van der Waals surface area contributed by atoms with Gasteiger partial charge in [-0.2, -0.15) is 47.6 Å². The predicted octanol–water partition coefficient (Wildman–Crippen LogP) is 4.88. The molecule has 0 fully saturated rings. The highest BCUT2D eigenvalue weighted by atomic mass is 32.2. The number of fused-ring (bicyclic) bond motifs is 2. The Morgan fingerprint density at radius 2 is 1.04 bits per heavy atom. The third kappa shape index (κ3) is 14.2. The zero-order chi connectivity index (χ0) is 50.3. The Hall–Kier alpha value is -7.08. The summed E-state index contributed by atoms with van der Waals surface area (Å²) in [6, 6.07) is 17.5. The van der Waals surface area contributed by atoms with Crippen molar-refractivity contribution in [2.24, 2.45) is 5.14 Å². The third-order valence-corrected chi connectivity index (χ3v) is 12.5. The number of nitrogens with one attached hydrogen (secondary N) is 3.